The number of rotatable bonds is 0. The lowest BCUT2D eigenvalue weighted by Gasteiger charge is -1.96. The predicted octanol–water partition coefficient (Wildman–Crippen LogP) is 2.81. The van der Waals surface area contributed by atoms with Crippen LogP contribution in [0.15, 0.2) is 24.7 Å². The van der Waals surface area contributed by atoms with E-state index in [4.69, 9.17) is 0 Å². The normalized spacial score (nSPS) is 9.54. The van der Waals surface area contributed by atoms with E-state index >= 15 is 0 Å². The molecule has 0 spiro atoms. The molecule has 0 saturated heterocycles. The molecule has 0 atom stereocenters. The van der Waals surface area contributed by atoms with Gasteiger partial charge >= 0.3 is 0 Å². The van der Waals surface area contributed by atoms with Gasteiger partial charge in [-0.2, -0.15) is 0 Å². The first-order valence-electron chi connectivity index (χ1n) is 4.37. The molecule has 2 aromatic heterocycles. The Labute approximate surface area is 77.0 Å². The highest BCUT2D eigenvalue weighted by atomic mass is 19.1. The lowest BCUT2D eigenvalue weighted by atomic mass is 10.3. The van der Waals surface area contributed by atoms with Crippen LogP contribution in [-0.4, -0.2) is 9.38 Å². The van der Waals surface area contributed by atoms with Crippen molar-refractivity contribution in [2.75, 3.05) is 0 Å². The van der Waals surface area contributed by atoms with E-state index in [1.807, 2.05) is 13.8 Å². The second-order valence-corrected chi connectivity index (χ2v) is 2.47. The average Bonchev–Trinajstić information content (AvgIpc) is 2.63. The van der Waals surface area contributed by atoms with Crippen molar-refractivity contribution in [3.63, 3.8) is 0 Å². The van der Waals surface area contributed by atoms with Crippen molar-refractivity contribution < 1.29 is 4.39 Å². The quantitative estimate of drug-likeness (QED) is 0.609. The molecular weight excluding hydrogens is 167 g/mol. The molecule has 13 heavy (non-hydrogen) atoms. The van der Waals surface area contributed by atoms with Gasteiger partial charge in [-0.25, -0.2) is 9.37 Å². The highest BCUT2D eigenvalue weighted by Crippen LogP contribution is 2.10. The fourth-order valence-electron chi connectivity index (χ4n) is 1.04. The first-order valence-corrected chi connectivity index (χ1v) is 4.37. The van der Waals surface area contributed by atoms with E-state index in [0.29, 0.717) is 11.2 Å². The molecule has 0 fully saturated rings. The molecule has 0 unspecified atom stereocenters. The van der Waals surface area contributed by atoms with Crippen molar-refractivity contribution in [2.24, 2.45) is 0 Å². The predicted molar refractivity (Wildman–Crippen MR) is 51.2 cm³/mol. The molecule has 0 aliphatic rings. The van der Waals surface area contributed by atoms with Gasteiger partial charge in [-0.15, -0.1) is 0 Å². The number of halogens is 1. The van der Waals surface area contributed by atoms with Gasteiger partial charge < -0.3 is 4.40 Å². The van der Waals surface area contributed by atoms with Crippen molar-refractivity contribution in [3.05, 3.63) is 36.0 Å². The lowest BCUT2D eigenvalue weighted by molar-refractivity contribution is 0.620. The molecule has 2 heterocycles. The Bertz CT molecular complexity index is 393. The van der Waals surface area contributed by atoms with Crippen molar-refractivity contribution in [2.45, 2.75) is 20.8 Å². The highest BCUT2D eigenvalue weighted by Gasteiger charge is 2.03. The summed E-state index contributed by atoms with van der Waals surface area (Å²) >= 11 is 0. The first-order chi connectivity index (χ1) is 6.29. The number of fused-ring (bicyclic) bond motifs is 1. The number of pyridine rings is 1. The van der Waals surface area contributed by atoms with Gasteiger partial charge in [0.1, 0.15) is 0 Å². The zero-order valence-electron chi connectivity index (χ0n) is 8.08. The first kappa shape index (κ1) is 9.71. The van der Waals surface area contributed by atoms with E-state index in [-0.39, 0.29) is 5.82 Å². The van der Waals surface area contributed by atoms with Gasteiger partial charge in [-0.05, 0) is 18.6 Å². The molecule has 0 aromatic carbocycles. The fraction of sp³-hybridized carbons (Fsp3) is 0.300. The monoisotopic (exact) mass is 180 g/mol. The molecule has 0 aliphatic heterocycles. The van der Waals surface area contributed by atoms with Crippen molar-refractivity contribution in [1.29, 1.82) is 0 Å². The van der Waals surface area contributed by atoms with Crippen LogP contribution in [0.1, 0.15) is 19.4 Å². The van der Waals surface area contributed by atoms with Crippen LogP contribution < -0.4 is 0 Å². The summed E-state index contributed by atoms with van der Waals surface area (Å²) in [7, 11) is 0. The van der Waals surface area contributed by atoms with Gasteiger partial charge in [0.05, 0.1) is 0 Å². The van der Waals surface area contributed by atoms with Crippen LogP contribution in [0.3, 0.4) is 0 Å². The van der Waals surface area contributed by atoms with E-state index in [0.717, 1.165) is 0 Å². The molecule has 3 heteroatoms. The van der Waals surface area contributed by atoms with Crippen LogP contribution >= 0.6 is 0 Å². The van der Waals surface area contributed by atoms with Gasteiger partial charge in [-0.3, -0.25) is 0 Å². The summed E-state index contributed by atoms with van der Waals surface area (Å²) in [5, 5.41) is 0. The number of imidazole rings is 1. The van der Waals surface area contributed by atoms with Gasteiger partial charge in [0.2, 0.25) is 0 Å². The number of aromatic nitrogens is 2. The van der Waals surface area contributed by atoms with Crippen molar-refractivity contribution >= 4 is 5.65 Å². The Morgan fingerprint density at radius 3 is 2.69 bits per heavy atom. The summed E-state index contributed by atoms with van der Waals surface area (Å²) in [6.45, 7) is 5.73. The van der Waals surface area contributed by atoms with Crippen LogP contribution in [0.5, 0.6) is 0 Å². The van der Waals surface area contributed by atoms with E-state index in [2.05, 4.69) is 4.98 Å². The third-order valence-corrected chi connectivity index (χ3v) is 1.70. The Balaban J connectivity index is 0.000000396. The second kappa shape index (κ2) is 4.03. The van der Waals surface area contributed by atoms with E-state index in [1.54, 1.807) is 36.0 Å². The second-order valence-electron chi connectivity index (χ2n) is 2.47. The number of aryl methyl sites for hydroxylation is 1. The third-order valence-electron chi connectivity index (χ3n) is 1.70. The number of hydrogen-bond acceptors (Lipinski definition) is 1. The molecule has 0 bridgehead atoms. The topological polar surface area (TPSA) is 17.3 Å². The van der Waals surface area contributed by atoms with Crippen molar-refractivity contribution in [3.8, 4) is 0 Å². The third kappa shape index (κ3) is 1.69. The number of nitrogens with zero attached hydrogens (tertiary/aromatic N) is 2. The molecular formula is C10H13FN2. The summed E-state index contributed by atoms with van der Waals surface area (Å²) in [5.41, 5.74) is 1.02. The molecule has 70 valence electrons. The van der Waals surface area contributed by atoms with Gasteiger partial charge in [-0.1, -0.05) is 13.8 Å². The average molecular weight is 180 g/mol. The minimum Gasteiger partial charge on any atom is -0.305 e. The Morgan fingerprint density at radius 2 is 2.00 bits per heavy atom. The summed E-state index contributed by atoms with van der Waals surface area (Å²) in [4.78, 5) is 3.87. The summed E-state index contributed by atoms with van der Waals surface area (Å²) in [6.07, 6.45) is 5.09. The summed E-state index contributed by atoms with van der Waals surface area (Å²) in [6, 6.07) is 1.73. The zero-order chi connectivity index (χ0) is 9.84. The Kier molecular flexibility index (Phi) is 3.01. The van der Waals surface area contributed by atoms with Gasteiger partial charge in [0, 0.05) is 18.6 Å². The molecule has 2 aromatic rings. The molecule has 2 rings (SSSR count). The van der Waals surface area contributed by atoms with Crippen LogP contribution in [0.2, 0.25) is 0 Å². The minimum absolute atomic E-state index is 0.238. The maximum atomic E-state index is 13.1. The molecule has 0 N–H and O–H groups in total. The summed E-state index contributed by atoms with van der Waals surface area (Å²) in [5.74, 6) is -0.238. The van der Waals surface area contributed by atoms with Crippen LogP contribution in [0.4, 0.5) is 4.39 Å². The molecule has 0 radical (unpaired) electrons. The van der Waals surface area contributed by atoms with Crippen LogP contribution in [0.25, 0.3) is 5.65 Å². The minimum atomic E-state index is -0.238. The van der Waals surface area contributed by atoms with Crippen LogP contribution in [-0.2, 0) is 0 Å². The largest absolute Gasteiger partial charge is 0.305 e. The molecule has 2 nitrogen and oxygen atoms in total. The van der Waals surface area contributed by atoms with E-state index in [1.165, 1.54) is 0 Å². The van der Waals surface area contributed by atoms with Gasteiger partial charge in [0.15, 0.2) is 11.5 Å². The van der Waals surface area contributed by atoms with E-state index in [9.17, 15) is 4.39 Å². The van der Waals surface area contributed by atoms with E-state index < -0.39 is 0 Å². The maximum absolute atomic E-state index is 13.1. The zero-order valence-corrected chi connectivity index (χ0v) is 8.08. The Hall–Kier alpha value is -1.38. The SMILES string of the molecule is CC.Cc1ccn2ccnc2c1F. The smallest absolute Gasteiger partial charge is 0.173 e. The van der Waals surface area contributed by atoms with Gasteiger partial charge in [0.25, 0.3) is 0 Å². The standard InChI is InChI=1S/C8H7FN2.C2H6/c1-6-2-4-11-5-3-10-8(11)7(6)9;1-2/h2-5H,1H3;1-2H3. The lowest BCUT2D eigenvalue weighted by Crippen LogP contribution is -1.90. The van der Waals surface area contributed by atoms with Crippen molar-refractivity contribution in [1.82, 2.24) is 9.38 Å². The fourth-order valence-corrected chi connectivity index (χ4v) is 1.04. The van der Waals surface area contributed by atoms with Crippen LogP contribution in [0, 0.1) is 12.7 Å². The molecule has 0 aliphatic carbocycles. The Morgan fingerprint density at radius 1 is 1.31 bits per heavy atom. The molecule has 0 amide bonds. The number of hydrogen-bond donors (Lipinski definition) is 0. The maximum Gasteiger partial charge on any atom is 0.173 e. The highest BCUT2D eigenvalue weighted by molar-refractivity contribution is 5.42. The molecule has 0 saturated carbocycles. The summed E-state index contributed by atoms with van der Waals surface area (Å²) < 4.78 is 14.8.